The van der Waals surface area contributed by atoms with Gasteiger partial charge in [-0.3, -0.25) is 4.79 Å². The summed E-state index contributed by atoms with van der Waals surface area (Å²) >= 11 is 5.74. The Bertz CT molecular complexity index is 1130. The van der Waals surface area contributed by atoms with Gasteiger partial charge in [0, 0.05) is 36.1 Å². The zero-order chi connectivity index (χ0) is 21.5. The third-order valence-corrected chi connectivity index (χ3v) is 5.36. The number of carbonyl (C=O) groups is 1. The Hall–Kier alpha value is -2.58. The molecule has 10 heteroatoms. The van der Waals surface area contributed by atoms with Crippen LogP contribution in [0, 0.1) is 6.92 Å². The lowest BCUT2D eigenvalue weighted by molar-refractivity contribution is -0.137. The zero-order valence-electron chi connectivity index (χ0n) is 16.5. The highest BCUT2D eigenvalue weighted by Crippen LogP contribution is 2.38. The predicted molar refractivity (Wildman–Crippen MR) is 116 cm³/mol. The lowest BCUT2D eigenvalue weighted by Crippen LogP contribution is -2.28. The van der Waals surface area contributed by atoms with Gasteiger partial charge in [0.25, 0.3) is 5.91 Å². The van der Waals surface area contributed by atoms with Crippen LogP contribution in [-0.2, 0) is 6.18 Å². The number of rotatable bonds is 3. The van der Waals surface area contributed by atoms with Crippen molar-refractivity contribution in [2.45, 2.75) is 25.9 Å². The van der Waals surface area contributed by atoms with Gasteiger partial charge < -0.3 is 10.2 Å². The molecule has 0 atom stereocenters. The summed E-state index contributed by atoms with van der Waals surface area (Å²) in [7, 11) is 0. The summed E-state index contributed by atoms with van der Waals surface area (Å²) in [5, 5.41) is 3.15. The van der Waals surface area contributed by atoms with Gasteiger partial charge in [-0.15, -0.1) is 12.4 Å². The second kappa shape index (κ2) is 8.88. The van der Waals surface area contributed by atoms with E-state index in [9.17, 15) is 18.0 Å². The number of hydrogen-bond acceptors (Lipinski definition) is 4. The SMILES string of the molecule is Cc1ccc2c(Nc3ccc(Cl)c(C(F)(F)F)c3)c(C(=O)N3CCCC3)cnc2n1.Cl. The molecule has 1 saturated heterocycles. The number of anilines is 2. The Morgan fingerprint density at radius 1 is 1.16 bits per heavy atom. The summed E-state index contributed by atoms with van der Waals surface area (Å²) < 4.78 is 39.9. The fraction of sp³-hybridized carbons (Fsp3) is 0.286. The maximum atomic E-state index is 13.3. The van der Waals surface area contributed by atoms with Crippen LogP contribution in [0.25, 0.3) is 11.0 Å². The molecule has 0 saturated carbocycles. The first-order chi connectivity index (χ1) is 14.2. The second-order valence-corrected chi connectivity index (χ2v) is 7.59. The van der Waals surface area contributed by atoms with Crippen molar-refractivity contribution in [1.82, 2.24) is 14.9 Å². The van der Waals surface area contributed by atoms with Crippen molar-refractivity contribution in [2.24, 2.45) is 0 Å². The molecule has 164 valence electrons. The maximum absolute atomic E-state index is 13.3. The van der Waals surface area contributed by atoms with E-state index in [1.54, 1.807) is 17.0 Å². The average molecular weight is 471 g/mol. The summed E-state index contributed by atoms with van der Waals surface area (Å²) in [6.07, 6.45) is -1.33. The van der Waals surface area contributed by atoms with E-state index in [0.717, 1.165) is 24.6 Å². The highest BCUT2D eigenvalue weighted by Gasteiger charge is 2.33. The normalized spacial score (nSPS) is 13.9. The summed E-state index contributed by atoms with van der Waals surface area (Å²) in [5.74, 6) is -0.213. The van der Waals surface area contributed by atoms with E-state index in [-0.39, 0.29) is 24.0 Å². The molecule has 4 rings (SSSR count). The number of likely N-dealkylation sites (tertiary alicyclic amines) is 1. The van der Waals surface area contributed by atoms with Crippen LogP contribution in [0.5, 0.6) is 0 Å². The minimum absolute atomic E-state index is 0. The Morgan fingerprint density at radius 3 is 2.55 bits per heavy atom. The van der Waals surface area contributed by atoms with Gasteiger partial charge in [-0.1, -0.05) is 11.6 Å². The summed E-state index contributed by atoms with van der Waals surface area (Å²) in [5.41, 5.74) is 1.02. The van der Waals surface area contributed by atoms with E-state index >= 15 is 0 Å². The van der Waals surface area contributed by atoms with E-state index in [0.29, 0.717) is 35.4 Å². The Kier molecular flexibility index (Phi) is 6.62. The topological polar surface area (TPSA) is 58.1 Å². The number of pyridine rings is 2. The van der Waals surface area contributed by atoms with Crippen molar-refractivity contribution in [1.29, 1.82) is 0 Å². The number of aromatic nitrogens is 2. The minimum Gasteiger partial charge on any atom is -0.354 e. The van der Waals surface area contributed by atoms with Crippen LogP contribution in [0.4, 0.5) is 24.5 Å². The number of benzene rings is 1. The standard InChI is InChI=1S/C21H18ClF3N4O.ClH/c1-12-4-6-14-18(28-13-5-7-17(22)16(10-13)21(23,24)25)15(11-26-19(14)27-12)20(30)29-8-2-3-9-29;/h4-7,10-11H,2-3,8-9H2,1H3,(H,26,27,28);1H. The molecule has 31 heavy (non-hydrogen) atoms. The lowest BCUT2D eigenvalue weighted by Gasteiger charge is -2.20. The second-order valence-electron chi connectivity index (χ2n) is 7.19. The number of aryl methyl sites for hydroxylation is 1. The molecule has 2 aromatic heterocycles. The van der Waals surface area contributed by atoms with Gasteiger partial charge in [-0.2, -0.15) is 13.2 Å². The lowest BCUT2D eigenvalue weighted by atomic mass is 10.1. The molecular formula is C21H19Cl2F3N4O. The first kappa shape index (κ1) is 23.1. The molecule has 0 spiro atoms. The van der Waals surface area contributed by atoms with Gasteiger partial charge in [0.1, 0.15) is 0 Å². The number of halogens is 5. The molecule has 1 amide bonds. The number of alkyl halides is 3. The molecule has 3 heterocycles. The molecule has 1 aliphatic heterocycles. The molecule has 0 bridgehead atoms. The quantitative estimate of drug-likeness (QED) is 0.508. The minimum atomic E-state index is -4.60. The van der Waals surface area contributed by atoms with Crippen molar-refractivity contribution in [3.05, 3.63) is 58.4 Å². The third-order valence-electron chi connectivity index (χ3n) is 5.03. The van der Waals surface area contributed by atoms with Crippen molar-refractivity contribution in [3.8, 4) is 0 Å². The van der Waals surface area contributed by atoms with Crippen molar-refractivity contribution in [2.75, 3.05) is 18.4 Å². The van der Waals surface area contributed by atoms with Crippen molar-refractivity contribution in [3.63, 3.8) is 0 Å². The molecular weight excluding hydrogens is 452 g/mol. The third kappa shape index (κ3) is 4.70. The summed E-state index contributed by atoms with van der Waals surface area (Å²) in [6.45, 7) is 3.09. The van der Waals surface area contributed by atoms with Crippen LogP contribution in [0.3, 0.4) is 0 Å². The number of nitrogens with zero attached hydrogens (tertiary/aromatic N) is 3. The number of hydrogen-bond donors (Lipinski definition) is 1. The summed E-state index contributed by atoms with van der Waals surface area (Å²) in [6, 6.07) is 7.08. The fourth-order valence-electron chi connectivity index (χ4n) is 3.52. The monoisotopic (exact) mass is 470 g/mol. The Balaban J connectivity index is 0.00000272. The van der Waals surface area contributed by atoms with Crippen LogP contribution < -0.4 is 5.32 Å². The summed E-state index contributed by atoms with van der Waals surface area (Å²) in [4.78, 5) is 23.5. The number of fused-ring (bicyclic) bond motifs is 1. The zero-order valence-corrected chi connectivity index (χ0v) is 18.0. The first-order valence-electron chi connectivity index (χ1n) is 9.43. The Labute approximate surface area is 188 Å². The van der Waals surface area contributed by atoms with E-state index in [4.69, 9.17) is 11.6 Å². The molecule has 1 N–H and O–H groups in total. The number of nitrogens with one attached hydrogen (secondary N) is 1. The van der Waals surface area contributed by atoms with Gasteiger partial charge in [0.05, 0.1) is 21.8 Å². The molecule has 1 aromatic carbocycles. The van der Waals surface area contributed by atoms with E-state index in [1.807, 2.05) is 6.92 Å². The van der Waals surface area contributed by atoms with Crippen LogP contribution in [0.1, 0.15) is 34.5 Å². The fourth-order valence-corrected chi connectivity index (χ4v) is 3.75. The highest BCUT2D eigenvalue weighted by atomic mass is 35.5. The van der Waals surface area contributed by atoms with Crippen LogP contribution in [0.2, 0.25) is 5.02 Å². The molecule has 0 radical (unpaired) electrons. The number of amides is 1. The van der Waals surface area contributed by atoms with Crippen LogP contribution in [-0.4, -0.2) is 33.9 Å². The van der Waals surface area contributed by atoms with E-state index in [2.05, 4.69) is 15.3 Å². The predicted octanol–water partition coefficient (Wildman–Crippen LogP) is 6.01. The van der Waals surface area contributed by atoms with E-state index < -0.39 is 16.8 Å². The Morgan fingerprint density at radius 2 is 1.87 bits per heavy atom. The first-order valence-corrected chi connectivity index (χ1v) is 9.81. The highest BCUT2D eigenvalue weighted by molar-refractivity contribution is 6.31. The molecule has 0 unspecified atom stereocenters. The van der Waals surface area contributed by atoms with E-state index in [1.165, 1.54) is 18.3 Å². The largest absolute Gasteiger partial charge is 0.417 e. The molecule has 3 aromatic rings. The molecule has 0 aliphatic carbocycles. The molecule has 1 fully saturated rings. The van der Waals surface area contributed by atoms with Gasteiger partial charge in [-0.25, -0.2) is 9.97 Å². The average Bonchev–Trinajstić information content (AvgIpc) is 3.23. The maximum Gasteiger partial charge on any atom is 0.417 e. The smallest absolute Gasteiger partial charge is 0.354 e. The van der Waals surface area contributed by atoms with Gasteiger partial charge in [-0.05, 0) is 50.1 Å². The van der Waals surface area contributed by atoms with Crippen molar-refractivity contribution < 1.29 is 18.0 Å². The van der Waals surface area contributed by atoms with Gasteiger partial charge in [0.15, 0.2) is 5.65 Å². The molecule has 5 nitrogen and oxygen atoms in total. The molecule has 1 aliphatic rings. The van der Waals surface area contributed by atoms with Crippen LogP contribution >= 0.6 is 24.0 Å². The van der Waals surface area contributed by atoms with Gasteiger partial charge in [0.2, 0.25) is 0 Å². The van der Waals surface area contributed by atoms with Crippen LogP contribution in [0.15, 0.2) is 36.5 Å². The number of carbonyl (C=O) groups excluding carboxylic acids is 1. The van der Waals surface area contributed by atoms with Crippen molar-refractivity contribution >= 4 is 52.3 Å². The van der Waals surface area contributed by atoms with Gasteiger partial charge >= 0.3 is 6.18 Å².